The van der Waals surface area contributed by atoms with Crippen LogP contribution in [0.4, 0.5) is 0 Å². The Kier molecular flexibility index (Phi) is 11.7. The van der Waals surface area contributed by atoms with Gasteiger partial charge in [-0.2, -0.15) is 0 Å². The van der Waals surface area contributed by atoms with Gasteiger partial charge in [0, 0.05) is 0 Å². The summed E-state index contributed by atoms with van der Waals surface area (Å²) in [4.78, 5) is 0. The Hall–Kier alpha value is -0.0400. The van der Waals surface area contributed by atoms with Crippen molar-refractivity contribution in [3.05, 3.63) is 0 Å². The number of hydrogen-bond acceptors (Lipinski definition) is 1. The number of aliphatic hydroxyl groups is 1. The lowest BCUT2D eigenvalue weighted by Gasteiger charge is -2.17. The van der Waals surface area contributed by atoms with Gasteiger partial charge in [-0.05, 0) is 24.7 Å². The third-order valence-electron chi connectivity index (χ3n) is 3.94. The van der Waals surface area contributed by atoms with Crippen LogP contribution in [0.5, 0.6) is 0 Å². The van der Waals surface area contributed by atoms with Gasteiger partial charge >= 0.3 is 0 Å². The Labute approximate surface area is 122 Å². The van der Waals surface area contributed by atoms with E-state index < -0.39 is 0 Å². The van der Waals surface area contributed by atoms with Crippen LogP contribution in [0, 0.1) is 5.41 Å². The van der Waals surface area contributed by atoms with Crippen LogP contribution >= 0.6 is 0 Å². The molecule has 0 aliphatic carbocycles. The van der Waals surface area contributed by atoms with E-state index in [9.17, 15) is 5.11 Å². The average molecular weight is 271 g/mol. The highest BCUT2D eigenvalue weighted by Gasteiger charge is 2.08. The molecule has 1 atom stereocenters. The van der Waals surface area contributed by atoms with Gasteiger partial charge in [-0.1, -0.05) is 85.5 Å². The molecule has 0 saturated heterocycles. The topological polar surface area (TPSA) is 20.2 Å². The molecule has 0 aliphatic heterocycles. The zero-order valence-corrected chi connectivity index (χ0v) is 14.0. The minimum Gasteiger partial charge on any atom is -0.393 e. The molecule has 0 heterocycles. The van der Waals surface area contributed by atoms with Gasteiger partial charge in [0.25, 0.3) is 0 Å². The van der Waals surface area contributed by atoms with E-state index in [1.165, 1.54) is 64.2 Å². The van der Waals surface area contributed by atoms with E-state index in [0.717, 1.165) is 12.8 Å². The third kappa shape index (κ3) is 15.9. The first-order valence-corrected chi connectivity index (χ1v) is 8.64. The maximum atomic E-state index is 9.44. The Balaban J connectivity index is 3.07. The fourth-order valence-corrected chi connectivity index (χ4v) is 2.48. The van der Waals surface area contributed by atoms with Gasteiger partial charge in [0.05, 0.1) is 6.10 Å². The Morgan fingerprint density at radius 1 is 0.737 bits per heavy atom. The number of hydrogen-bond donors (Lipinski definition) is 1. The summed E-state index contributed by atoms with van der Waals surface area (Å²) < 4.78 is 0. The second kappa shape index (κ2) is 11.8. The molecule has 0 fully saturated rings. The van der Waals surface area contributed by atoms with Crippen molar-refractivity contribution in [2.75, 3.05) is 0 Å². The van der Waals surface area contributed by atoms with Crippen LogP contribution in [-0.4, -0.2) is 11.2 Å². The predicted molar refractivity (Wildman–Crippen MR) is 86.5 cm³/mol. The van der Waals surface area contributed by atoms with E-state index in [4.69, 9.17) is 0 Å². The van der Waals surface area contributed by atoms with Gasteiger partial charge in [0.1, 0.15) is 0 Å². The Bertz CT molecular complexity index is 181. The van der Waals surface area contributed by atoms with Crippen molar-refractivity contribution in [1.29, 1.82) is 0 Å². The molecule has 0 saturated carbocycles. The van der Waals surface area contributed by atoms with Crippen molar-refractivity contribution in [2.24, 2.45) is 5.41 Å². The van der Waals surface area contributed by atoms with Crippen LogP contribution in [-0.2, 0) is 0 Å². The van der Waals surface area contributed by atoms with Crippen molar-refractivity contribution in [1.82, 2.24) is 0 Å². The lowest BCUT2D eigenvalue weighted by Crippen LogP contribution is -2.03. The van der Waals surface area contributed by atoms with Gasteiger partial charge < -0.3 is 5.11 Å². The molecule has 0 aromatic carbocycles. The van der Waals surface area contributed by atoms with Crippen molar-refractivity contribution < 1.29 is 5.11 Å². The zero-order valence-electron chi connectivity index (χ0n) is 14.0. The van der Waals surface area contributed by atoms with Crippen molar-refractivity contribution in [2.45, 2.75) is 111 Å². The molecule has 1 N–H and O–H groups in total. The largest absolute Gasteiger partial charge is 0.393 e. The lowest BCUT2D eigenvalue weighted by molar-refractivity contribution is 0.156. The van der Waals surface area contributed by atoms with Crippen molar-refractivity contribution >= 4 is 0 Å². The Morgan fingerprint density at radius 3 is 1.58 bits per heavy atom. The molecule has 1 unspecified atom stereocenters. The summed E-state index contributed by atoms with van der Waals surface area (Å²) in [5, 5.41) is 9.44. The monoisotopic (exact) mass is 270 g/mol. The molecule has 0 aromatic rings. The number of unbranched alkanes of at least 4 members (excludes halogenated alkanes) is 8. The summed E-state index contributed by atoms with van der Waals surface area (Å²) in [6.45, 7) is 9.07. The van der Waals surface area contributed by atoms with Crippen LogP contribution in [0.25, 0.3) is 0 Å². The highest BCUT2D eigenvalue weighted by molar-refractivity contribution is 4.61. The molecule has 0 aromatic heterocycles. The maximum Gasteiger partial charge on any atom is 0.0537 e. The molecule has 0 spiro atoms. The van der Waals surface area contributed by atoms with Crippen LogP contribution in [0.15, 0.2) is 0 Å². The molecule has 0 amide bonds. The van der Waals surface area contributed by atoms with Gasteiger partial charge in [-0.15, -0.1) is 0 Å². The molecule has 0 bridgehead atoms. The predicted octanol–water partition coefficient (Wildman–Crippen LogP) is 6.09. The van der Waals surface area contributed by atoms with E-state index in [1.807, 2.05) is 0 Å². The minimum atomic E-state index is -0.0529. The fourth-order valence-electron chi connectivity index (χ4n) is 2.48. The van der Waals surface area contributed by atoms with E-state index in [2.05, 4.69) is 27.7 Å². The standard InChI is InChI=1S/C18H38O/c1-5-17(19)15-13-11-9-7-6-8-10-12-14-16-18(2,3)4/h17,19H,5-16H2,1-4H3. The smallest absolute Gasteiger partial charge is 0.0537 e. The summed E-state index contributed by atoms with van der Waals surface area (Å²) in [6, 6.07) is 0. The lowest BCUT2D eigenvalue weighted by atomic mass is 9.89. The molecule has 19 heavy (non-hydrogen) atoms. The van der Waals surface area contributed by atoms with E-state index >= 15 is 0 Å². The zero-order chi connectivity index (χ0) is 14.6. The summed E-state index contributed by atoms with van der Waals surface area (Å²) in [5.41, 5.74) is 0.517. The van der Waals surface area contributed by atoms with E-state index in [-0.39, 0.29) is 6.10 Å². The first-order valence-electron chi connectivity index (χ1n) is 8.64. The first-order chi connectivity index (χ1) is 8.95. The average Bonchev–Trinajstić information content (AvgIpc) is 2.34. The molecule has 0 aliphatic rings. The van der Waals surface area contributed by atoms with Gasteiger partial charge in [-0.3, -0.25) is 0 Å². The second-order valence-corrected chi connectivity index (χ2v) is 7.34. The molecule has 0 radical (unpaired) electrons. The molecular formula is C18H38O. The summed E-state index contributed by atoms with van der Waals surface area (Å²) in [7, 11) is 0. The molecular weight excluding hydrogens is 232 g/mol. The van der Waals surface area contributed by atoms with Crippen LogP contribution < -0.4 is 0 Å². The van der Waals surface area contributed by atoms with Crippen LogP contribution in [0.2, 0.25) is 0 Å². The maximum absolute atomic E-state index is 9.44. The summed E-state index contributed by atoms with van der Waals surface area (Å²) in [6.07, 6.45) is 15.6. The third-order valence-corrected chi connectivity index (χ3v) is 3.94. The van der Waals surface area contributed by atoms with Gasteiger partial charge in [0.15, 0.2) is 0 Å². The molecule has 1 heteroatoms. The van der Waals surface area contributed by atoms with Crippen molar-refractivity contribution in [3.8, 4) is 0 Å². The number of aliphatic hydroxyl groups excluding tert-OH is 1. The van der Waals surface area contributed by atoms with Gasteiger partial charge in [0.2, 0.25) is 0 Å². The highest BCUT2D eigenvalue weighted by Crippen LogP contribution is 2.22. The molecule has 116 valence electrons. The second-order valence-electron chi connectivity index (χ2n) is 7.34. The Morgan fingerprint density at radius 2 is 1.16 bits per heavy atom. The molecule has 1 nitrogen and oxygen atoms in total. The van der Waals surface area contributed by atoms with E-state index in [1.54, 1.807) is 0 Å². The van der Waals surface area contributed by atoms with Crippen LogP contribution in [0.1, 0.15) is 105 Å². The number of rotatable bonds is 12. The summed E-state index contributed by atoms with van der Waals surface area (Å²) in [5.74, 6) is 0. The first kappa shape index (κ1) is 19.0. The van der Waals surface area contributed by atoms with Crippen molar-refractivity contribution in [3.63, 3.8) is 0 Å². The SMILES string of the molecule is CCC(O)CCCCCCCCCCCC(C)(C)C. The quantitative estimate of drug-likeness (QED) is 0.425. The molecule has 0 rings (SSSR count). The fraction of sp³-hybridized carbons (Fsp3) is 1.00. The minimum absolute atomic E-state index is 0.0529. The van der Waals surface area contributed by atoms with Gasteiger partial charge in [-0.25, -0.2) is 0 Å². The normalized spacial score (nSPS) is 13.7. The van der Waals surface area contributed by atoms with Crippen LogP contribution in [0.3, 0.4) is 0 Å². The summed E-state index contributed by atoms with van der Waals surface area (Å²) >= 11 is 0. The highest BCUT2D eigenvalue weighted by atomic mass is 16.3. The van der Waals surface area contributed by atoms with E-state index in [0.29, 0.717) is 5.41 Å².